The molecule has 0 aliphatic rings. The highest BCUT2D eigenvalue weighted by Gasteiger charge is 2.13. The zero-order valence-corrected chi connectivity index (χ0v) is 13.2. The van der Waals surface area contributed by atoms with Crippen molar-refractivity contribution >= 4 is 43.4 Å². The van der Waals surface area contributed by atoms with E-state index in [-0.39, 0.29) is 0 Å². The molecule has 0 N–H and O–H groups in total. The number of nitrogens with zero attached hydrogens (tertiary/aromatic N) is 2. The molecule has 0 amide bonds. The molecular weight excluding hydrogens is 296 g/mol. The molecule has 24 heavy (non-hydrogen) atoms. The van der Waals surface area contributed by atoms with Crippen LogP contribution >= 0.6 is 0 Å². The predicted octanol–water partition coefficient (Wildman–Crippen LogP) is 5.10. The third-order valence-corrected chi connectivity index (χ3v) is 4.64. The van der Waals surface area contributed by atoms with Crippen LogP contribution < -0.4 is 4.74 Å². The first-order valence-electron chi connectivity index (χ1n) is 7.90. The summed E-state index contributed by atoms with van der Waals surface area (Å²) < 4.78 is 5.32. The smallest absolute Gasteiger partial charge is 0.121 e. The first-order valence-corrected chi connectivity index (χ1v) is 7.90. The van der Waals surface area contributed by atoms with E-state index in [9.17, 15) is 0 Å². The second-order valence-corrected chi connectivity index (χ2v) is 5.90. The standard InChI is InChI=1S/C21H14N2O/c1-24-13-10-11-18-19(12-13)22-23-21-17-9-5-3-7-15(17)14-6-2-4-8-16(14)20(18)21/h2-12H,1H3. The van der Waals surface area contributed by atoms with Crippen molar-refractivity contribution in [2.75, 3.05) is 7.11 Å². The first-order chi connectivity index (χ1) is 11.9. The van der Waals surface area contributed by atoms with Crippen LogP contribution in [0.4, 0.5) is 0 Å². The summed E-state index contributed by atoms with van der Waals surface area (Å²) in [7, 11) is 1.67. The van der Waals surface area contributed by atoms with Crippen molar-refractivity contribution in [2.24, 2.45) is 0 Å². The molecule has 0 aliphatic carbocycles. The SMILES string of the molecule is COc1ccc2c(c1)nnc1c3ccccc3c3ccccc3c21. The number of rotatable bonds is 1. The quantitative estimate of drug-likeness (QED) is 0.404. The Morgan fingerprint density at radius 1 is 0.667 bits per heavy atom. The van der Waals surface area contributed by atoms with E-state index in [1.807, 2.05) is 12.1 Å². The Morgan fingerprint density at radius 2 is 1.33 bits per heavy atom. The number of hydrogen-bond acceptors (Lipinski definition) is 3. The van der Waals surface area contributed by atoms with Crippen LogP contribution in [0.25, 0.3) is 43.4 Å². The van der Waals surface area contributed by atoms with Crippen LogP contribution in [0.2, 0.25) is 0 Å². The van der Waals surface area contributed by atoms with Gasteiger partial charge in [0, 0.05) is 22.2 Å². The molecular formula is C21H14N2O. The van der Waals surface area contributed by atoms with E-state index in [0.717, 1.165) is 32.9 Å². The van der Waals surface area contributed by atoms with Crippen molar-refractivity contribution in [2.45, 2.75) is 0 Å². The molecule has 3 nitrogen and oxygen atoms in total. The first kappa shape index (κ1) is 13.3. The largest absolute Gasteiger partial charge is 0.497 e. The van der Waals surface area contributed by atoms with Crippen LogP contribution in [0.5, 0.6) is 5.75 Å². The molecule has 114 valence electrons. The molecule has 5 rings (SSSR count). The lowest BCUT2D eigenvalue weighted by Gasteiger charge is -2.11. The van der Waals surface area contributed by atoms with Gasteiger partial charge in [-0.3, -0.25) is 0 Å². The molecule has 4 aromatic carbocycles. The van der Waals surface area contributed by atoms with Gasteiger partial charge in [0.2, 0.25) is 0 Å². The summed E-state index contributed by atoms with van der Waals surface area (Å²) in [6.07, 6.45) is 0. The maximum atomic E-state index is 5.32. The molecule has 1 aromatic heterocycles. The van der Waals surface area contributed by atoms with Gasteiger partial charge in [-0.15, -0.1) is 10.2 Å². The van der Waals surface area contributed by atoms with Crippen molar-refractivity contribution in [1.29, 1.82) is 0 Å². The molecule has 1 heterocycles. The Balaban J connectivity index is 2.12. The maximum Gasteiger partial charge on any atom is 0.121 e. The lowest BCUT2D eigenvalue weighted by atomic mass is 9.95. The van der Waals surface area contributed by atoms with Crippen LogP contribution in [0.1, 0.15) is 0 Å². The van der Waals surface area contributed by atoms with Gasteiger partial charge in [-0.25, -0.2) is 0 Å². The van der Waals surface area contributed by atoms with E-state index in [0.29, 0.717) is 0 Å². The zero-order valence-electron chi connectivity index (χ0n) is 13.2. The molecule has 0 bridgehead atoms. The fourth-order valence-electron chi connectivity index (χ4n) is 3.54. The monoisotopic (exact) mass is 310 g/mol. The molecule has 0 atom stereocenters. The van der Waals surface area contributed by atoms with Gasteiger partial charge in [-0.05, 0) is 28.3 Å². The van der Waals surface area contributed by atoms with Gasteiger partial charge in [-0.2, -0.15) is 0 Å². The van der Waals surface area contributed by atoms with E-state index in [1.54, 1.807) is 7.11 Å². The number of benzene rings is 4. The minimum Gasteiger partial charge on any atom is -0.497 e. The molecule has 0 saturated heterocycles. The van der Waals surface area contributed by atoms with E-state index in [4.69, 9.17) is 4.74 Å². The average Bonchev–Trinajstić information content (AvgIpc) is 2.67. The number of hydrogen-bond donors (Lipinski definition) is 0. The van der Waals surface area contributed by atoms with Crippen molar-refractivity contribution < 1.29 is 4.74 Å². The summed E-state index contributed by atoms with van der Waals surface area (Å²) >= 11 is 0. The summed E-state index contributed by atoms with van der Waals surface area (Å²) in [5.74, 6) is 0.793. The van der Waals surface area contributed by atoms with Gasteiger partial charge in [0.1, 0.15) is 11.3 Å². The van der Waals surface area contributed by atoms with Gasteiger partial charge in [-0.1, -0.05) is 48.5 Å². The van der Waals surface area contributed by atoms with Gasteiger partial charge < -0.3 is 4.74 Å². The molecule has 3 heteroatoms. The maximum absolute atomic E-state index is 5.32. The number of methoxy groups -OCH3 is 1. The van der Waals surface area contributed by atoms with E-state index in [2.05, 4.69) is 64.8 Å². The topological polar surface area (TPSA) is 35.0 Å². The van der Waals surface area contributed by atoms with E-state index >= 15 is 0 Å². The van der Waals surface area contributed by atoms with Gasteiger partial charge in [0.25, 0.3) is 0 Å². The molecule has 5 aromatic rings. The molecule has 0 fully saturated rings. The molecule has 0 saturated carbocycles. The van der Waals surface area contributed by atoms with Crippen LogP contribution in [0, 0.1) is 0 Å². The summed E-state index contributed by atoms with van der Waals surface area (Å²) in [5.41, 5.74) is 1.80. The Kier molecular flexibility index (Phi) is 2.71. The van der Waals surface area contributed by atoms with Crippen LogP contribution in [-0.4, -0.2) is 17.3 Å². The number of ether oxygens (including phenoxy) is 1. The van der Waals surface area contributed by atoms with E-state index in [1.165, 1.54) is 16.2 Å². The lowest BCUT2D eigenvalue weighted by Crippen LogP contribution is -1.92. The minimum atomic E-state index is 0.793. The normalized spacial score (nSPS) is 11.5. The third-order valence-electron chi connectivity index (χ3n) is 4.64. The predicted molar refractivity (Wildman–Crippen MR) is 98.6 cm³/mol. The third kappa shape index (κ3) is 1.72. The Hall–Kier alpha value is -3.20. The highest BCUT2D eigenvalue weighted by molar-refractivity contribution is 6.29. The van der Waals surface area contributed by atoms with Crippen molar-refractivity contribution in [3.05, 3.63) is 66.7 Å². The van der Waals surface area contributed by atoms with Crippen molar-refractivity contribution in [3.63, 3.8) is 0 Å². The number of fused-ring (bicyclic) bond motifs is 8. The van der Waals surface area contributed by atoms with Crippen molar-refractivity contribution in [3.8, 4) is 5.75 Å². The fraction of sp³-hybridized carbons (Fsp3) is 0.0476. The number of aromatic nitrogens is 2. The van der Waals surface area contributed by atoms with Gasteiger partial charge in [0.05, 0.1) is 12.6 Å². The summed E-state index contributed by atoms with van der Waals surface area (Å²) in [6.45, 7) is 0. The molecule has 0 aliphatic heterocycles. The average molecular weight is 310 g/mol. The van der Waals surface area contributed by atoms with Crippen LogP contribution in [0.3, 0.4) is 0 Å². The zero-order chi connectivity index (χ0) is 16.1. The van der Waals surface area contributed by atoms with Gasteiger partial charge >= 0.3 is 0 Å². The summed E-state index contributed by atoms with van der Waals surface area (Å²) in [6, 6.07) is 22.9. The highest BCUT2D eigenvalue weighted by Crippen LogP contribution is 2.37. The molecule has 0 unspecified atom stereocenters. The Labute approximate surface area is 138 Å². The summed E-state index contributed by atoms with van der Waals surface area (Å²) in [5, 5.41) is 16.0. The Bertz CT molecular complexity index is 1210. The minimum absolute atomic E-state index is 0.793. The second-order valence-electron chi connectivity index (χ2n) is 5.90. The molecule has 0 radical (unpaired) electrons. The second kappa shape index (κ2) is 4.90. The van der Waals surface area contributed by atoms with Crippen LogP contribution in [-0.2, 0) is 0 Å². The van der Waals surface area contributed by atoms with Crippen LogP contribution in [0.15, 0.2) is 66.7 Å². The highest BCUT2D eigenvalue weighted by atomic mass is 16.5. The Morgan fingerprint density at radius 3 is 2.08 bits per heavy atom. The van der Waals surface area contributed by atoms with Crippen molar-refractivity contribution in [1.82, 2.24) is 10.2 Å². The fourth-order valence-corrected chi connectivity index (χ4v) is 3.54. The van der Waals surface area contributed by atoms with Gasteiger partial charge in [0.15, 0.2) is 0 Å². The summed E-state index contributed by atoms with van der Waals surface area (Å²) in [4.78, 5) is 0. The molecule has 0 spiro atoms. The lowest BCUT2D eigenvalue weighted by molar-refractivity contribution is 0.415. The van der Waals surface area contributed by atoms with E-state index < -0.39 is 0 Å².